The van der Waals surface area contributed by atoms with Gasteiger partial charge >= 0.3 is 5.97 Å². The molecular formula is C20H24N2O4S. The molecule has 3 aliphatic carbocycles. The Bertz CT molecular complexity index is 781. The molecule has 1 saturated heterocycles. The molecular weight excluding hydrogens is 364 g/mol. The van der Waals surface area contributed by atoms with Crippen molar-refractivity contribution in [2.45, 2.75) is 32.1 Å². The minimum atomic E-state index is -0.912. The number of likely N-dealkylation sites (tertiary alicyclic amines) is 1. The maximum Gasteiger partial charge on any atom is 0.307 e. The first kappa shape index (κ1) is 18.2. The van der Waals surface area contributed by atoms with Crippen molar-refractivity contribution in [2.75, 3.05) is 18.4 Å². The van der Waals surface area contributed by atoms with Crippen LogP contribution in [0.5, 0.6) is 0 Å². The van der Waals surface area contributed by atoms with Crippen LogP contribution in [0.2, 0.25) is 0 Å². The third-order valence-electron chi connectivity index (χ3n) is 6.11. The van der Waals surface area contributed by atoms with Gasteiger partial charge in [-0.15, -0.1) is 11.3 Å². The van der Waals surface area contributed by atoms with E-state index in [2.05, 4.69) is 5.32 Å². The Morgan fingerprint density at radius 3 is 2.33 bits per heavy atom. The molecule has 144 valence electrons. The normalized spacial score (nSPS) is 29.6. The summed E-state index contributed by atoms with van der Waals surface area (Å²) in [6.45, 7) is 1.50. The van der Waals surface area contributed by atoms with Gasteiger partial charge in [-0.05, 0) is 55.4 Å². The summed E-state index contributed by atoms with van der Waals surface area (Å²) in [4.78, 5) is 39.4. The molecule has 0 radical (unpaired) electrons. The standard InChI is InChI=1S/C20H24N2O4S/c23-17(15-12-4-6-13(7-5-12)16(15)20(25)26)21-18-14(8-11-27-18)19(24)22-9-2-1-3-10-22/h4,6,8,11-13,15-16H,1-3,5,7,9-10H2,(H,21,23)(H,25,26). The quantitative estimate of drug-likeness (QED) is 0.776. The summed E-state index contributed by atoms with van der Waals surface area (Å²) in [6.07, 6.45) is 8.77. The van der Waals surface area contributed by atoms with Crippen molar-refractivity contribution >= 4 is 34.1 Å². The number of hydrogen-bond donors (Lipinski definition) is 2. The van der Waals surface area contributed by atoms with Crippen molar-refractivity contribution in [2.24, 2.45) is 23.7 Å². The molecule has 2 bridgehead atoms. The van der Waals surface area contributed by atoms with Crippen LogP contribution in [0.25, 0.3) is 0 Å². The summed E-state index contributed by atoms with van der Waals surface area (Å²) in [7, 11) is 0. The monoisotopic (exact) mass is 388 g/mol. The fraction of sp³-hybridized carbons (Fsp3) is 0.550. The van der Waals surface area contributed by atoms with Gasteiger partial charge in [0.15, 0.2) is 0 Å². The first-order valence-corrected chi connectivity index (χ1v) is 10.5. The summed E-state index contributed by atoms with van der Waals surface area (Å²) < 4.78 is 0. The SMILES string of the molecule is O=C(O)C1C2C=CC(CC2)C1C(=O)Nc1sccc1C(=O)N1CCCCC1. The first-order valence-electron chi connectivity index (χ1n) is 9.65. The fourth-order valence-corrected chi connectivity index (χ4v) is 5.51. The number of aliphatic carboxylic acids is 1. The number of carbonyl (C=O) groups excluding carboxylic acids is 2. The summed E-state index contributed by atoms with van der Waals surface area (Å²) in [5.74, 6) is -2.63. The Hall–Kier alpha value is -2.15. The lowest BCUT2D eigenvalue weighted by molar-refractivity contribution is -0.151. The van der Waals surface area contributed by atoms with E-state index < -0.39 is 17.8 Å². The second kappa shape index (κ2) is 7.46. The predicted molar refractivity (Wildman–Crippen MR) is 103 cm³/mol. The molecule has 5 rings (SSSR count). The van der Waals surface area contributed by atoms with E-state index in [-0.39, 0.29) is 23.7 Å². The molecule has 2 amide bonds. The number of piperidine rings is 1. The number of allylic oxidation sites excluding steroid dienone is 2. The zero-order valence-electron chi connectivity index (χ0n) is 15.1. The molecule has 1 aromatic heterocycles. The van der Waals surface area contributed by atoms with E-state index in [1.807, 2.05) is 17.1 Å². The molecule has 1 aromatic rings. The maximum atomic E-state index is 13.0. The highest BCUT2D eigenvalue weighted by Gasteiger charge is 2.48. The van der Waals surface area contributed by atoms with E-state index in [0.29, 0.717) is 10.6 Å². The number of fused-ring (bicyclic) bond motifs is 2. The highest BCUT2D eigenvalue weighted by atomic mass is 32.1. The van der Waals surface area contributed by atoms with Gasteiger partial charge in [0.05, 0.1) is 17.4 Å². The Morgan fingerprint density at radius 1 is 1.04 bits per heavy atom. The molecule has 0 spiro atoms. The summed E-state index contributed by atoms with van der Waals surface area (Å²) >= 11 is 1.32. The van der Waals surface area contributed by atoms with Crippen molar-refractivity contribution < 1.29 is 19.5 Å². The van der Waals surface area contributed by atoms with Gasteiger partial charge in [0.1, 0.15) is 5.00 Å². The lowest BCUT2D eigenvalue weighted by Gasteiger charge is -2.41. The molecule has 4 unspecified atom stereocenters. The van der Waals surface area contributed by atoms with Crippen LogP contribution in [0, 0.1) is 23.7 Å². The zero-order valence-corrected chi connectivity index (χ0v) is 15.9. The van der Waals surface area contributed by atoms with Crippen molar-refractivity contribution in [3.63, 3.8) is 0 Å². The third-order valence-corrected chi connectivity index (χ3v) is 6.94. The number of carboxylic acids is 1. The molecule has 1 aliphatic heterocycles. The third kappa shape index (κ3) is 3.40. The van der Waals surface area contributed by atoms with Crippen molar-refractivity contribution in [3.05, 3.63) is 29.2 Å². The van der Waals surface area contributed by atoms with E-state index >= 15 is 0 Å². The van der Waals surface area contributed by atoms with Gasteiger partial charge in [0.25, 0.3) is 5.91 Å². The minimum Gasteiger partial charge on any atom is -0.481 e. The topological polar surface area (TPSA) is 86.7 Å². The average molecular weight is 388 g/mol. The van der Waals surface area contributed by atoms with Gasteiger partial charge in [-0.25, -0.2) is 0 Å². The Balaban J connectivity index is 1.52. The number of thiophene rings is 1. The Morgan fingerprint density at radius 2 is 1.70 bits per heavy atom. The van der Waals surface area contributed by atoms with Crippen LogP contribution in [0.15, 0.2) is 23.6 Å². The molecule has 7 heteroatoms. The summed E-state index contributed by atoms with van der Waals surface area (Å²) in [6, 6.07) is 1.75. The van der Waals surface area contributed by atoms with Crippen molar-refractivity contribution in [3.8, 4) is 0 Å². The van der Waals surface area contributed by atoms with Gasteiger partial charge in [0, 0.05) is 13.1 Å². The molecule has 6 nitrogen and oxygen atoms in total. The van der Waals surface area contributed by atoms with Gasteiger partial charge in [-0.1, -0.05) is 12.2 Å². The number of anilines is 1. The second-order valence-corrected chi connectivity index (χ2v) is 8.60. The van der Waals surface area contributed by atoms with Crippen LogP contribution < -0.4 is 5.32 Å². The molecule has 2 N–H and O–H groups in total. The lowest BCUT2D eigenvalue weighted by atomic mass is 9.62. The number of nitrogens with zero attached hydrogens (tertiary/aromatic N) is 1. The minimum absolute atomic E-state index is 0.0442. The number of nitrogens with one attached hydrogen (secondary N) is 1. The summed E-state index contributed by atoms with van der Waals surface area (Å²) in [5.41, 5.74) is 0.513. The fourth-order valence-electron chi connectivity index (χ4n) is 4.73. The smallest absolute Gasteiger partial charge is 0.307 e. The predicted octanol–water partition coefficient (Wildman–Crippen LogP) is 3.23. The molecule has 4 atom stereocenters. The molecule has 27 heavy (non-hydrogen) atoms. The van der Waals surface area contributed by atoms with Gasteiger partial charge in [0.2, 0.25) is 5.91 Å². The summed E-state index contributed by atoms with van der Waals surface area (Å²) in [5, 5.41) is 14.9. The maximum absolute atomic E-state index is 13.0. The van der Waals surface area contributed by atoms with Crippen molar-refractivity contribution in [1.29, 1.82) is 0 Å². The van der Waals surface area contributed by atoms with Crippen LogP contribution in [0.3, 0.4) is 0 Å². The van der Waals surface area contributed by atoms with Crippen LogP contribution in [0.4, 0.5) is 5.00 Å². The largest absolute Gasteiger partial charge is 0.481 e. The van der Waals surface area contributed by atoms with Crippen LogP contribution in [-0.2, 0) is 9.59 Å². The number of amides is 2. The van der Waals surface area contributed by atoms with Crippen LogP contribution in [0.1, 0.15) is 42.5 Å². The van der Waals surface area contributed by atoms with E-state index in [0.717, 1.165) is 45.2 Å². The number of hydrogen-bond acceptors (Lipinski definition) is 4. The van der Waals surface area contributed by atoms with Crippen molar-refractivity contribution in [1.82, 2.24) is 4.90 Å². The van der Waals surface area contributed by atoms with Gasteiger partial charge in [-0.2, -0.15) is 0 Å². The lowest BCUT2D eigenvalue weighted by Crippen LogP contribution is -2.47. The van der Waals surface area contributed by atoms with E-state index in [1.165, 1.54) is 11.3 Å². The zero-order chi connectivity index (χ0) is 19.0. The molecule has 2 fully saturated rings. The van der Waals surface area contributed by atoms with Crippen LogP contribution >= 0.6 is 11.3 Å². The highest BCUT2D eigenvalue weighted by molar-refractivity contribution is 7.14. The number of carboxylic acid groups (broad SMARTS) is 1. The van der Waals surface area contributed by atoms with E-state index in [1.54, 1.807) is 11.4 Å². The highest BCUT2D eigenvalue weighted by Crippen LogP contribution is 2.45. The Labute approximate surface area is 162 Å². The van der Waals surface area contributed by atoms with E-state index in [4.69, 9.17) is 0 Å². The average Bonchev–Trinajstić information content (AvgIpc) is 3.16. The Kier molecular flexibility index (Phi) is 5.04. The molecule has 2 heterocycles. The second-order valence-electron chi connectivity index (χ2n) is 7.69. The number of carbonyl (C=O) groups is 3. The van der Waals surface area contributed by atoms with E-state index in [9.17, 15) is 19.5 Å². The molecule has 1 saturated carbocycles. The van der Waals surface area contributed by atoms with Gasteiger partial charge in [-0.3, -0.25) is 14.4 Å². The molecule has 0 aromatic carbocycles. The van der Waals surface area contributed by atoms with Crippen LogP contribution in [-0.4, -0.2) is 40.9 Å². The molecule has 4 aliphatic rings. The van der Waals surface area contributed by atoms with Gasteiger partial charge < -0.3 is 15.3 Å². The number of rotatable bonds is 4. The first-order chi connectivity index (χ1) is 13.1.